The van der Waals surface area contributed by atoms with E-state index < -0.39 is 0 Å². The fourth-order valence-electron chi connectivity index (χ4n) is 1.79. The highest BCUT2D eigenvalue weighted by Gasteiger charge is 2.12. The third-order valence-corrected chi connectivity index (χ3v) is 3.53. The summed E-state index contributed by atoms with van der Waals surface area (Å²) >= 11 is 3.22. The Labute approximate surface area is 117 Å². The summed E-state index contributed by atoms with van der Waals surface area (Å²) in [6, 6.07) is 14.4. The highest BCUT2D eigenvalue weighted by Crippen LogP contribution is 2.28. The molecular formula is C14H9BrFN3. The van der Waals surface area contributed by atoms with Gasteiger partial charge in [-0.3, -0.25) is 5.10 Å². The van der Waals surface area contributed by atoms with E-state index in [4.69, 9.17) is 0 Å². The molecule has 0 bridgehead atoms. The average Bonchev–Trinajstić information content (AvgIpc) is 2.92. The van der Waals surface area contributed by atoms with Crippen molar-refractivity contribution < 1.29 is 4.39 Å². The number of hydrogen-bond acceptors (Lipinski definition) is 2. The predicted octanol–water partition coefficient (Wildman–Crippen LogP) is 4.04. The number of H-pyrrole nitrogens is 1. The second kappa shape index (κ2) is 4.93. The molecule has 0 atom stereocenters. The smallest absolute Gasteiger partial charge is 0.181 e. The normalized spacial score (nSPS) is 10.6. The molecule has 3 aromatic rings. The minimum Gasteiger partial charge on any atom is -0.259 e. The molecule has 0 saturated heterocycles. The maximum absolute atomic E-state index is 13.5. The van der Waals surface area contributed by atoms with Crippen molar-refractivity contribution in [2.45, 2.75) is 0 Å². The van der Waals surface area contributed by atoms with Crippen molar-refractivity contribution in [2.75, 3.05) is 0 Å². The number of aromatic nitrogens is 3. The van der Waals surface area contributed by atoms with Gasteiger partial charge in [0.2, 0.25) is 0 Å². The summed E-state index contributed by atoms with van der Waals surface area (Å²) in [5, 5.41) is 6.99. The molecule has 2 aromatic carbocycles. The number of hydrogen-bond donors (Lipinski definition) is 1. The molecule has 0 amide bonds. The lowest BCUT2D eigenvalue weighted by Gasteiger charge is -2.00. The lowest BCUT2D eigenvalue weighted by atomic mass is 10.2. The molecule has 0 aliphatic heterocycles. The Kier molecular flexibility index (Phi) is 3.13. The number of aromatic amines is 1. The molecule has 1 N–H and O–H groups in total. The van der Waals surface area contributed by atoms with Gasteiger partial charge in [0.15, 0.2) is 11.6 Å². The van der Waals surface area contributed by atoms with E-state index in [2.05, 4.69) is 31.1 Å². The zero-order valence-electron chi connectivity index (χ0n) is 9.77. The van der Waals surface area contributed by atoms with Gasteiger partial charge in [0, 0.05) is 11.1 Å². The van der Waals surface area contributed by atoms with Crippen LogP contribution in [0, 0.1) is 5.82 Å². The predicted molar refractivity (Wildman–Crippen MR) is 74.9 cm³/mol. The van der Waals surface area contributed by atoms with Crippen molar-refractivity contribution in [3.63, 3.8) is 0 Å². The maximum atomic E-state index is 13.5. The van der Waals surface area contributed by atoms with Crippen molar-refractivity contribution in [1.82, 2.24) is 15.2 Å². The standard InChI is InChI=1S/C14H9BrFN3/c15-12-10(7-4-8-11(12)16)14-17-13(18-19-14)9-5-2-1-3-6-9/h1-8H,(H,17,18,19). The van der Waals surface area contributed by atoms with Crippen molar-refractivity contribution in [3.05, 3.63) is 58.8 Å². The second-order valence-corrected chi connectivity index (χ2v) is 4.77. The van der Waals surface area contributed by atoms with E-state index >= 15 is 0 Å². The first kappa shape index (κ1) is 12.0. The van der Waals surface area contributed by atoms with Crippen molar-refractivity contribution in [1.29, 1.82) is 0 Å². The van der Waals surface area contributed by atoms with Crippen LogP contribution in [-0.4, -0.2) is 15.2 Å². The molecule has 0 spiro atoms. The Morgan fingerprint density at radius 2 is 1.79 bits per heavy atom. The molecule has 5 heteroatoms. The number of rotatable bonds is 2. The first-order valence-electron chi connectivity index (χ1n) is 5.68. The molecule has 94 valence electrons. The molecule has 0 radical (unpaired) electrons. The maximum Gasteiger partial charge on any atom is 0.181 e. The van der Waals surface area contributed by atoms with Gasteiger partial charge in [-0.05, 0) is 28.1 Å². The summed E-state index contributed by atoms with van der Waals surface area (Å²) in [7, 11) is 0. The van der Waals surface area contributed by atoms with Crippen LogP contribution in [-0.2, 0) is 0 Å². The Balaban J connectivity index is 2.05. The highest BCUT2D eigenvalue weighted by atomic mass is 79.9. The Morgan fingerprint density at radius 3 is 2.58 bits per heavy atom. The lowest BCUT2D eigenvalue weighted by molar-refractivity contribution is 0.621. The van der Waals surface area contributed by atoms with Gasteiger partial charge in [-0.15, -0.1) is 0 Å². The minimum absolute atomic E-state index is 0.324. The quantitative estimate of drug-likeness (QED) is 0.775. The zero-order chi connectivity index (χ0) is 13.2. The van der Waals surface area contributed by atoms with Gasteiger partial charge in [0.1, 0.15) is 5.82 Å². The zero-order valence-corrected chi connectivity index (χ0v) is 11.4. The van der Waals surface area contributed by atoms with Crippen molar-refractivity contribution in [3.8, 4) is 22.8 Å². The van der Waals surface area contributed by atoms with E-state index in [9.17, 15) is 4.39 Å². The number of nitrogens with one attached hydrogen (secondary N) is 1. The number of benzene rings is 2. The van der Waals surface area contributed by atoms with E-state index in [-0.39, 0.29) is 5.82 Å². The van der Waals surface area contributed by atoms with Gasteiger partial charge in [-0.25, -0.2) is 9.37 Å². The van der Waals surface area contributed by atoms with E-state index in [1.54, 1.807) is 12.1 Å². The largest absolute Gasteiger partial charge is 0.259 e. The Bertz CT molecular complexity index is 710. The summed E-state index contributed by atoms with van der Waals surface area (Å²) in [4.78, 5) is 4.39. The summed E-state index contributed by atoms with van der Waals surface area (Å²) < 4.78 is 13.9. The highest BCUT2D eigenvalue weighted by molar-refractivity contribution is 9.10. The topological polar surface area (TPSA) is 41.6 Å². The third kappa shape index (κ3) is 2.29. The molecular weight excluding hydrogens is 309 g/mol. The van der Waals surface area contributed by atoms with Gasteiger partial charge in [-0.1, -0.05) is 36.4 Å². The molecule has 0 aliphatic carbocycles. The molecule has 0 unspecified atom stereocenters. The third-order valence-electron chi connectivity index (χ3n) is 2.72. The van der Waals surface area contributed by atoms with Crippen LogP contribution >= 0.6 is 15.9 Å². The molecule has 1 heterocycles. The van der Waals surface area contributed by atoms with Crippen molar-refractivity contribution >= 4 is 15.9 Å². The average molecular weight is 318 g/mol. The van der Waals surface area contributed by atoms with Crippen LogP contribution < -0.4 is 0 Å². The molecule has 3 rings (SSSR count). The summed E-state index contributed by atoms with van der Waals surface area (Å²) in [6.45, 7) is 0. The van der Waals surface area contributed by atoms with Crippen LogP contribution in [0.3, 0.4) is 0 Å². The molecule has 0 fully saturated rings. The minimum atomic E-state index is -0.324. The molecule has 0 saturated carbocycles. The first-order valence-corrected chi connectivity index (χ1v) is 6.47. The van der Waals surface area contributed by atoms with Gasteiger partial charge in [0.25, 0.3) is 0 Å². The molecule has 1 aromatic heterocycles. The summed E-state index contributed by atoms with van der Waals surface area (Å²) in [5.74, 6) is 0.798. The van der Waals surface area contributed by atoms with Crippen LogP contribution in [0.5, 0.6) is 0 Å². The van der Waals surface area contributed by atoms with Crippen molar-refractivity contribution in [2.24, 2.45) is 0 Å². The van der Waals surface area contributed by atoms with Gasteiger partial charge >= 0.3 is 0 Å². The molecule has 0 aliphatic rings. The van der Waals surface area contributed by atoms with Crippen LogP contribution in [0.1, 0.15) is 0 Å². The Hall–Kier alpha value is -2.01. The summed E-state index contributed by atoms with van der Waals surface area (Å²) in [6.07, 6.45) is 0. The SMILES string of the molecule is Fc1cccc(-c2nc(-c3ccccc3)n[nH]2)c1Br. The monoisotopic (exact) mass is 317 g/mol. The lowest BCUT2D eigenvalue weighted by Crippen LogP contribution is -1.86. The van der Waals surface area contributed by atoms with Crippen LogP contribution in [0.4, 0.5) is 4.39 Å². The number of halogens is 2. The van der Waals surface area contributed by atoms with E-state index in [0.29, 0.717) is 21.7 Å². The van der Waals surface area contributed by atoms with Crippen LogP contribution in [0.15, 0.2) is 53.0 Å². The molecule has 3 nitrogen and oxygen atoms in total. The summed E-state index contributed by atoms with van der Waals surface area (Å²) in [5.41, 5.74) is 1.56. The van der Waals surface area contributed by atoms with Gasteiger partial charge in [0.05, 0.1) is 4.47 Å². The first-order chi connectivity index (χ1) is 9.25. The van der Waals surface area contributed by atoms with Crippen LogP contribution in [0.2, 0.25) is 0 Å². The fourth-order valence-corrected chi connectivity index (χ4v) is 2.24. The van der Waals surface area contributed by atoms with E-state index in [1.807, 2.05) is 30.3 Å². The molecule has 19 heavy (non-hydrogen) atoms. The van der Waals surface area contributed by atoms with E-state index in [0.717, 1.165) is 5.56 Å². The fraction of sp³-hybridized carbons (Fsp3) is 0. The van der Waals surface area contributed by atoms with Gasteiger partial charge in [-0.2, -0.15) is 5.10 Å². The Morgan fingerprint density at radius 1 is 1.00 bits per heavy atom. The van der Waals surface area contributed by atoms with Crippen LogP contribution in [0.25, 0.3) is 22.8 Å². The van der Waals surface area contributed by atoms with Gasteiger partial charge < -0.3 is 0 Å². The van der Waals surface area contributed by atoms with E-state index in [1.165, 1.54) is 6.07 Å². The number of nitrogens with zero attached hydrogens (tertiary/aromatic N) is 2. The second-order valence-electron chi connectivity index (χ2n) is 3.98.